The van der Waals surface area contributed by atoms with Crippen LogP contribution in [0.25, 0.3) is 6.08 Å². The number of hydrogen-bond donors (Lipinski definition) is 1. The smallest absolute Gasteiger partial charge is 0.119 e. The second kappa shape index (κ2) is 3.96. The van der Waals surface area contributed by atoms with Crippen LogP contribution in [0, 0.1) is 6.92 Å². The summed E-state index contributed by atoms with van der Waals surface area (Å²) in [5, 5.41) is 9.37. The number of aromatic hydroxyl groups is 1. The molecule has 0 amide bonds. The van der Waals surface area contributed by atoms with E-state index in [4.69, 9.17) is 0 Å². The number of rotatable bonds is 2. The lowest BCUT2D eigenvalue weighted by Crippen LogP contribution is -1.79. The summed E-state index contributed by atoms with van der Waals surface area (Å²) < 4.78 is 0. The molecule has 0 heterocycles. The summed E-state index contributed by atoms with van der Waals surface area (Å²) in [4.78, 5) is 0. The Bertz CT molecular complexity index is 287. The Kier molecular flexibility index (Phi) is 2.92. The highest BCUT2D eigenvalue weighted by molar-refractivity contribution is 5.56. The van der Waals surface area contributed by atoms with Crippen molar-refractivity contribution in [2.24, 2.45) is 0 Å². The van der Waals surface area contributed by atoms with Gasteiger partial charge in [-0.05, 0) is 30.5 Å². The maximum atomic E-state index is 9.37. The van der Waals surface area contributed by atoms with Crippen molar-refractivity contribution in [1.29, 1.82) is 0 Å². The average molecular weight is 162 g/mol. The van der Waals surface area contributed by atoms with Crippen LogP contribution in [0.1, 0.15) is 24.5 Å². The highest BCUT2D eigenvalue weighted by Gasteiger charge is 1.97. The molecule has 0 aliphatic rings. The highest BCUT2D eigenvalue weighted by atomic mass is 16.3. The van der Waals surface area contributed by atoms with E-state index in [-0.39, 0.29) is 0 Å². The van der Waals surface area contributed by atoms with Gasteiger partial charge < -0.3 is 5.11 Å². The first kappa shape index (κ1) is 8.85. The minimum Gasteiger partial charge on any atom is -0.508 e. The molecule has 0 atom stereocenters. The van der Waals surface area contributed by atoms with E-state index < -0.39 is 0 Å². The second-order valence-electron chi connectivity index (χ2n) is 2.80. The summed E-state index contributed by atoms with van der Waals surface area (Å²) in [5.74, 6) is 0.369. The third kappa shape index (κ3) is 1.88. The van der Waals surface area contributed by atoms with E-state index in [9.17, 15) is 5.11 Å². The number of phenolic OH excluding ortho intramolecular Hbond substituents is 1. The van der Waals surface area contributed by atoms with Crippen molar-refractivity contribution in [3.05, 3.63) is 35.4 Å². The Morgan fingerprint density at radius 2 is 2.17 bits per heavy atom. The fraction of sp³-hybridized carbons (Fsp3) is 0.273. The molecular weight excluding hydrogens is 148 g/mol. The van der Waals surface area contributed by atoms with Crippen LogP contribution in [0.4, 0.5) is 0 Å². The Morgan fingerprint density at radius 3 is 2.83 bits per heavy atom. The van der Waals surface area contributed by atoms with Crippen molar-refractivity contribution < 1.29 is 5.11 Å². The van der Waals surface area contributed by atoms with Crippen molar-refractivity contribution in [2.45, 2.75) is 20.3 Å². The SMILES string of the molecule is CCC=Cc1cccc(O)c1C. The molecule has 1 heteroatoms. The van der Waals surface area contributed by atoms with E-state index in [1.165, 1.54) is 0 Å². The Morgan fingerprint density at radius 1 is 1.42 bits per heavy atom. The van der Waals surface area contributed by atoms with Crippen LogP contribution >= 0.6 is 0 Å². The molecule has 0 aliphatic heterocycles. The minimum absolute atomic E-state index is 0.369. The van der Waals surface area contributed by atoms with E-state index >= 15 is 0 Å². The lowest BCUT2D eigenvalue weighted by Gasteiger charge is -2.01. The molecule has 1 aromatic carbocycles. The standard InChI is InChI=1S/C11H14O/c1-3-4-6-10-7-5-8-11(12)9(10)2/h4-8,12H,3H2,1-2H3. The molecule has 0 radical (unpaired) electrons. The zero-order valence-corrected chi connectivity index (χ0v) is 7.54. The largest absolute Gasteiger partial charge is 0.508 e. The normalized spacial score (nSPS) is 10.8. The molecule has 0 unspecified atom stereocenters. The number of hydrogen-bond acceptors (Lipinski definition) is 1. The van der Waals surface area contributed by atoms with Gasteiger partial charge in [0.25, 0.3) is 0 Å². The van der Waals surface area contributed by atoms with Crippen LogP contribution in [0.5, 0.6) is 5.75 Å². The van der Waals surface area contributed by atoms with E-state index in [2.05, 4.69) is 13.0 Å². The van der Waals surface area contributed by atoms with Crippen molar-refractivity contribution in [3.8, 4) is 5.75 Å². The monoisotopic (exact) mass is 162 g/mol. The molecule has 0 fully saturated rings. The van der Waals surface area contributed by atoms with E-state index in [1.807, 2.05) is 25.1 Å². The zero-order chi connectivity index (χ0) is 8.97. The van der Waals surface area contributed by atoms with E-state index in [0.717, 1.165) is 17.5 Å². The van der Waals surface area contributed by atoms with Gasteiger partial charge in [-0.1, -0.05) is 31.2 Å². The van der Waals surface area contributed by atoms with Crippen LogP contribution in [-0.4, -0.2) is 5.11 Å². The topological polar surface area (TPSA) is 20.2 Å². The van der Waals surface area contributed by atoms with Crippen LogP contribution in [0.3, 0.4) is 0 Å². The van der Waals surface area contributed by atoms with Crippen molar-refractivity contribution in [1.82, 2.24) is 0 Å². The lowest BCUT2D eigenvalue weighted by molar-refractivity contribution is 0.471. The van der Waals surface area contributed by atoms with E-state index in [1.54, 1.807) is 6.07 Å². The first-order chi connectivity index (χ1) is 5.75. The van der Waals surface area contributed by atoms with Crippen molar-refractivity contribution >= 4 is 6.08 Å². The molecule has 64 valence electrons. The third-order valence-corrected chi connectivity index (χ3v) is 1.88. The molecule has 1 N–H and O–H groups in total. The summed E-state index contributed by atoms with van der Waals surface area (Å²) in [6, 6.07) is 5.57. The van der Waals surface area contributed by atoms with Crippen LogP contribution in [-0.2, 0) is 0 Å². The number of benzene rings is 1. The summed E-state index contributed by atoms with van der Waals surface area (Å²) in [5.41, 5.74) is 2.04. The molecule has 1 aromatic rings. The van der Waals surface area contributed by atoms with Gasteiger partial charge >= 0.3 is 0 Å². The first-order valence-electron chi connectivity index (χ1n) is 4.20. The van der Waals surface area contributed by atoms with Crippen molar-refractivity contribution in [2.75, 3.05) is 0 Å². The molecular formula is C11H14O. The Balaban J connectivity index is 3.00. The second-order valence-corrected chi connectivity index (χ2v) is 2.80. The fourth-order valence-corrected chi connectivity index (χ4v) is 1.07. The summed E-state index contributed by atoms with van der Waals surface area (Å²) in [6.07, 6.45) is 5.14. The molecule has 0 bridgehead atoms. The van der Waals surface area contributed by atoms with Gasteiger partial charge in [0, 0.05) is 0 Å². The molecule has 12 heavy (non-hydrogen) atoms. The quantitative estimate of drug-likeness (QED) is 0.708. The Labute approximate surface area is 73.4 Å². The van der Waals surface area contributed by atoms with Gasteiger partial charge in [-0.25, -0.2) is 0 Å². The van der Waals surface area contributed by atoms with Crippen LogP contribution < -0.4 is 0 Å². The van der Waals surface area contributed by atoms with Crippen LogP contribution in [0.2, 0.25) is 0 Å². The minimum atomic E-state index is 0.369. The third-order valence-electron chi connectivity index (χ3n) is 1.88. The van der Waals surface area contributed by atoms with Gasteiger partial charge in [-0.2, -0.15) is 0 Å². The maximum Gasteiger partial charge on any atom is 0.119 e. The first-order valence-corrected chi connectivity index (χ1v) is 4.20. The molecule has 1 nitrogen and oxygen atoms in total. The molecule has 0 saturated heterocycles. The number of allylic oxidation sites excluding steroid dienone is 1. The summed E-state index contributed by atoms with van der Waals surface area (Å²) >= 11 is 0. The molecule has 0 aliphatic carbocycles. The lowest BCUT2D eigenvalue weighted by atomic mass is 10.1. The van der Waals surface area contributed by atoms with Crippen molar-refractivity contribution in [3.63, 3.8) is 0 Å². The van der Waals surface area contributed by atoms with Gasteiger partial charge in [0.05, 0.1) is 0 Å². The van der Waals surface area contributed by atoms with Gasteiger partial charge in [0.2, 0.25) is 0 Å². The van der Waals surface area contributed by atoms with Gasteiger partial charge in [-0.15, -0.1) is 0 Å². The summed E-state index contributed by atoms with van der Waals surface area (Å²) in [7, 11) is 0. The predicted molar refractivity (Wildman–Crippen MR) is 52.2 cm³/mol. The Hall–Kier alpha value is -1.24. The van der Waals surface area contributed by atoms with Gasteiger partial charge in [0.1, 0.15) is 5.75 Å². The van der Waals surface area contributed by atoms with Crippen LogP contribution in [0.15, 0.2) is 24.3 Å². The number of phenols is 1. The molecule has 0 aromatic heterocycles. The molecule has 1 rings (SSSR count). The van der Waals surface area contributed by atoms with Gasteiger partial charge in [0.15, 0.2) is 0 Å². The van der Waals surface area contributed by atoms with Gasteiger partial charge in [-0.3, -0.25) is 0 Å². The zero-order valence-electron chi connectivity index (χ0n) is 7.54. The summed E-state index contributed by atoms with van der Waals surface area (Å²) in [6.45, 7) is 4.01. The average Bonchev–Trinajstić information content (AvgIpc) is 2.08. The highest BCUT2D eigenvalue weighted by Crippen LogP contribution is 2.20. The molecule has 0 saturated carbocycles. The fourth-order valence-electron chi connectivity index (χ4n) is 1.07. The predicted octanol–water partition coefficient (Wildman–Crippen LogP) is 3.12. The maximum absolute atomic E-state index is 9.37. The van der Waals surface area contributed by atoms with E-state index in [0.29, 0.717) is 5.75 Å². The molecule has 0 spiro atoms.